The Morgan fingerprint density at radius 3 is 1.62 bits per heavy atom. The summed E-state index contributed by atoms with van der Waals surface area (Å²) in [5, 5.41) is 0. The molecule has 1 nitrogen and oxygen atoms in total. The first kappa shape index (κ1) is 11.5. The van der Waals surface area contributed by atoms with E-state index in [2.05, 4.69) is 13.8 Å². The molecule has 0 saturated heterocycles. The fourth-order valence-corrected chi connectivity index (χ4v) is 3.21. The Hall–Kier alpha value is 0.759. The van der Waals surface area contributed by atoms with Gasteiger partial charge in [-0.2, -0.15) is 0 Å². The van der Waals surface area contributed by atoms with Gasteiger partial charge in [0.1, 0.15) is 0 Å². The molecule has 0 spiro atoms. The van der Waals surface area contributed by atoms with Crippen LogP contribution >= 0.6 is 0 Å². The molecule has 2 heteroatoms. The molecule has 0 saturated carbocycles. The van der Waals surface area contributed by atoms with E-state index >= 15 is 0 Å². The van der Waals surface area contributed by atoms with Crippen LogP contribution < -0.4 is 0 Å². The Kier molecular flexibility index (Phi) is 15.4. The molecule has 0 atom stereocenters. The van der Waals surface area contributed by atoms with Crippen molar-refractivity contribution in [2.75, 3.05) is 0 Å². The molecule has 0 rings (SSSR count). The normalized spacial score (nSPS) is 7.25. The van der Waals surface area contributed by atoms with E-state index < -0.39 is 0 Å². The summed E-state index contributed by atoms with van der Waals surface area (Å²) in [6.07, 6.45) is 2.87. The van der Waals surface area contributed by atoms with Crippen LogP contribution in [-0.4, -0.2) is 21.1 Å². The molecular formula is C6H14OSn. The Labute approximate surface area is 62.4 Å². The van der Waals surface area contributed by atoms with Crippen LogP contribution in [-0.2, 0) is 5.48 Å². The van der Waals surface area contributed by atoms with Crippen molar-refractivity contribution in [1.82, 2.24) is 0 Å². The third-order valence-corrected chi connectivity index (χ3v) is 5.73. The molecule has 48 valence electrons. The topological polar surface area (TPSA) is 28.5 Å². The summed E-state index contributed by atoms with van der Waals surface area (Å²) in [7, 11) is 0. The third kappa shape index (κ3) is 9.90. The molecule has 0 fully saturated rings. The van der Waals surface area contributed by atoms with Gasteiger partial charge in [0.15, 0.2) is 0 Å². The van der Waals surface area contributed by atoms with E-state index in [1.165, 1.54) is 12.8 Å². The van der Waals surface area contributed by atoms with E-state index in [1.54, 1.807) is 8.87 Å². The fraction of sp³-hybridized carbons (Fsp3) is 1.00. The maximum Gasteiger partial charge on any atom is -2.00 e. The second-order valence-corrected chi connectivity index (χ2v) is 6.03. The molecule has 0 heterocycles. The maximum atomic E-state index is 2.29. The summed E-state index contributed by atoms with van der Waals surface area (Å²) in [5.74, 6) is 0. The van der Waals surface area contributed by atoms with Crippen molar-refractivity contribution in [1.29, 1.82) is 0 Å². The van der Waals surface area contributed by atoms with E-state index in [0.717, 1.165) is 0 Å². The van der Waals surface area contributed by atoms with Crippen molar-refractivity contribution >= 4 is 21.1 Å². The van der Waals surface area contributed by atoms with Gasteiger partial charge in [0.25, 0.3) is 0 Å². The molecule has 0 aromatic heterocycles. The second-order valence-electron chi connectivity index (χ2n) is 1.75. The molecule has 0 aromatic carbocycles. The Morgan fingerprint density at radius 2 is 1.38 bits per heavy atom. The molecule has 0 aliphatic heterocycles. The van der Waals surface area contributed by atoms with E-state index in [9.17, 15) is 0 Å². The average Bonchev–Trinajstić information content (AvgIpc) is 1.69. The Morgan fingerprint density at radius 1 is 1.00 bits per heavy atom. The number of hydrogen-bond acceptors (Lipinski definition) is 0. The van der Waals surface area contributed by atoms with Gasteiger partial charge in [-0.05, 0) is 0 Å². The number of hydrogen-bond donors (Lipinski definition) is 0. The Balaban J connectivity index is 0. The summed E-state index contributed by atoms with van der Waals surface area (Å²) in [6, 6.07) is 0. The summed E-state index contributed by atoms with van der Waals surface area (Å²) >= 11 is 0.181. The van der Waals surface area contributed by atoms with E-state index in [0.29, 0.717) is 0 Å². The molecule has 0 aromatic rings. The quantitative estimate of drug-likeness (QED) is 0.514. The standard InChI is InChI=1S/2C3H7.O.Sn/c2*1-3-2;;/h2*1,3H2,2H3;;/q;;-2;+2. The SMILES string of the molecule is CC[CH2][Sn+2][CH2]CC.[O-2]. The largest absolute Gasteiger partial charge is 2.00 e. The van der Waals surface area contributed by atoms with Gasteiger partial charge in [0.05, 0.1) is 0 Å². The van der Waals surface area contributed by atoms with Crippen LogP contribution in [0, 0.1) is 0 Å². The summed E-state index contributed by atoms with van der Waals surface area (Å²) in [4.78, 5) is 0. The van der Waals surface area contributed by atoms with Gasteiger partial charge < -0.3 is 5.48 Å². The van der Waals surface area contributed by atoms with Crippen LogP contribution in [0.4, 0.5) is 0 Å². The van der Waals surface area contributed by atoms with Gasteiger partial charge in [-0.25, -0.2) is 0 Å². The average molecular weight is 221 g/mol. The minimum Gasteiger partial charge on any atom is -2.00 e. The second kappa shape index (κ2) is 10.7. The maximum absolute atomic E-state index is 2.29. The summed E-state index contributed by atoms with van der Waals surface area (Å²) in [6.45, 7) is 4.58. The van der Waals surface area contributed by atoms with Crippen LogP contribution in [0.3, 0.4) is 0 Å². The third-order valence-electron chi connectivity index (χ3n) is 0.854. The van der Waals surface area contributed by atoms with Crippen molar-refractivity contribution in [3.05, 3.63) is 0 Å². The van der Waals surface area contributed by atoms with Crippen molar-refractivity contribution in [2.45, 2.75) is 35.6 Å². The van der Waals surface area contributed by atoms with Crippen LogP contribution in [0.25, 0.3) is 0 Å². The van der Waals surface area contributed by atoms with E-state index in [1.807, 2.05) is 0 Å². The first-order valence-electron chi connectivity index (χ1n) is 3.12. The van der Waals surface area contributed by atoms with Crippen molar-refractivity contribution in [2.24, 2.45) is 0 Å². The molecule has 0 radical (unpaired) electrons. The minimum atomic E-state index is 0. The molecule has 0 amide bonds. The zero-order valence-corrected chi connectivity index (χ0v) is 8.59. The predicted molar refractivity (Wildman–Crippen MR) is 36.6 cm³/mol. The smallest absolute Gasteiger partial charge is 2.00 e. The monoisotopic (exact) mass is 222 g/mol. The molecule has 8 heavy (non-hydrogen) atoms. The minimum absolute atomic E-state index is 0. The van der Waals surface area contributed by atoms with Crippen LogP contribution in [0.5, 0.6) is 0 Å². The van der Waals surface area contributed by atoms with Crippen LogP contribution in [0.15, 0.2) is 0 Å². The van der Waals surface area contributed by atoms with Gasteiger partial charge in [0.2, 0.25) is 0 Å². The van der Waals surface area contributed by atoms with Gasteiger partial charge >= 0.3 is 56.7 Å². The Bertz CT molecular complexity index is 27.7. The van der Waals surface area contributed by atoms with Crippen LogP contribution in [0.1, 0.15) is 26.7 Å². The molecule has 0 bridgehead atoms. The van der Waals surface area contributed by atoms with Gasteiger partial charge in [0, 0.05) is 0 Å². The van der Waals surface area contributed by atoms with Gasteiger partial charge in [-0.15, -0.1) is 0 Å². The molecule has 0 aliphatic carbocycles. The van der Waals surface area contributed by atoms with Crippen LogP contribution in [0.2, 0.25) is 8.87 Å². The molecular weight excluding hydrogens is 207 g/mol. The van der Waals surface area contributed by atoms with E-state index in [4.69, 9.17) is 0 Å². The molecule has 0 N–H and O–H groups in total. The predicted octanol–water partition coefficient (Wildman–Crippen LogP) is 2.23. The molecule has 0 aliphatic rings. The summed E-state index contributed by atoms with van der Waals surface area (Å²) in [5.41, 5.74) is 0. The molecule has 0 unspecified atom stereocenters. The fourth-order valence-electron chi connectivity index (χ4n) is 0.479. The van der Waals surface area contributed by atoms with Crippen molar-refractivity contribution in [3.8, 4) is 0 Å². The zero-order valence-electron chi connectivity index (χ0n) is 5.74. The van der Waals surface area contributed by atoms with Crippen molar-refractivity contribution < 1.29 is 5.48 Å². The number of rotatable bonds is 4. The van der Waals surface area contributed by atoms with Crippen molar-refractivity contribution in [3.63, 3.8) is 0 Å². The zero-order chi connectivity index (χ0) is 5.54. The van der Waals surface area contributed by atoms with Gasteiger partial charge in [-0.3, -0.25) is 0 Å². The van der Waals surface area contributed by atoms with Gasteiger partial charge in [-0.1, -0.05) is 0 Å². The first-order valence-corrected chi connectivity index (χ1v) is 7.16. The summed E-state index contributed by atoms with van der Waals surface area (Å²) < 4.78 is 3.19. The first-order chi connectivity index (χ1) is 3.41. The van der Waals surface area contributed by atoms with E-state index in [-0.39, 0.29) is 26.6 Å².